The molecule has 22 heavy (non-hydrogen) atoms. The van der Waals surface area contributed by atoms with Crippen molar-refractivity contribution >= 4 is 23.5 Å². The number of carbonyl (C=O) groups is 3. The van der Waals surface area contributed by atoms with Crippen molar-refractivity contribution in [2.24, 2.45) is 11.8 Å². The molecule has 2 amide bonds. The number of carbonyl (C=O) groups excluding carboxylic acids is 3. The molecule has 1 aromatic rings. The number of fused-ring (bicyclic) bond motifs is 5. The molecule has 6 nitrogen and oxygen atoms in total. The maximum Gasteiger partial charge on any atom is 0.241 e. The fraction of sp³-hybridized carbons (Fsp3) is 0.312. The van der Waals surface area contributed by atoms with Crippen LogP contribution in [0.5, 0.6) is 0 Å². The highest BCUT2D eigenvalue weighted by atomic mass is 16.5. The van der Waals surface area contributed by atoms with Crippen LogP contribution < -0.4 is 10.0 Å². The number of benzene rings is 1. The number of hydrogen-bond donors (Lipinski definition) is 0. The summed E-state index contributed by atoms with van der Waals surface area (Å²) in [5, 5.41) is 10.8. The Morgan fingerprint density at radius 3 is 2.50 bits per heavy atom. The monoisotopic (exact) mass is 298 g/mol. The first kappa shape index (κ1) is 13.2. The van der Waals surface area contributed by atoms with Gasteiger partial charge in [-0.2, -0.15) is 0 Å². The summed E-state index contributed by atoms with van der Waals surface area (Å²) in [5.74, 6) is -2.91. The standard InChI is InChI=1S/C16H13NO5/c1-16-7-6-10(22-16)11-12(16)14(19)17(13(11)18)9-4-2-8(3-5-9)15(20)21/h2-7,10-12H,1H3,(H,20,21)/p-1/t10-,11+,12-,16-/m1/s1. The number of amides is 2. The molecule has 4 atom stereocenters. The molecule has 0 spiro atoms. The van der Waals surface area contributed by atoms with Gasteiger partial charge >= 0.3 is 0 Å². The second-order valence-electron chi connectivity index (χ2n) is 5.98. The molecule has 112 valence electrons. The molecule has 0 aliphatic carbocycles. The molecule has 0 saturated carbocycles. The summed E-state index contributed by atoms with van der Waals surface area (Å²) in [4.78, 5) is 37.2. The van der Waals surface area contributed by atoms with E-state index in [-0.39, 0.29) is 23.5 Å². The summed E-state index contributed by atoms with van der Waals surface area (Å²) in [7, 11) is 0. The first-order valence-corrected chi connectivity index (χ1v) is 6.99. The minimum absolute atomic E-state index is 0.0000651. The quantitative estimate of drug-likeness (QED) is 0.561. The summed E-state index contributed by atoms with van der Waals surface area (Å²) in [6.07, 6.45) is 3.31. The van der Waals surface area contributed by atoms with Crippen molar-refractivity contribution in [2.75, 3.05) is 4.90 Å². The van der Waals surface area contributed by atoms with Gasteiger partial charge in [-0.25, -0.2) is 4.90 Å². The number of imide groups is 1. The molecule has 3 aliphatic rings. The highest BCUT2D eigenvalue weighted by molar-refractivity contribution is 6.23. The molecule has 0 unspecified atom stereocenters. The number of aromatic carboxylic acids is 1. The number of anilines is 1. The second-order valence-corrected chi connectivity index (χ2v) is 5.98. The number of nitrogens with zero attached hydrogens (tertiary/aromatic N) is 1. The van der Waals surface area contributed by atoms with Gasteiger partial charge in [0.25, 0.3) is 0 Å². The topological polar surface area (TPSA) is 86.7 Å². The van der Waals surface area contributed by atoms with Crippen molar-refractivity contribution in [1.82, 2.24) is 0 Å². The lowest BCUT2D eigenvalue weighted by Gasteiger charge is -2.24. The Hall–Kier alpha value is -2.47. The Labute approximate surface area is 126 Å². The minimum atomic E-state index is -1.30. The van der Waals surface area contributed by atoms with Gasteiger partial charge in [0.15, 0.2) is 0 Å². The van der Waals surface area contributed by atoms with Crippen LogP contribution >= 0.6 is 0 Å². The molecular weight excluding hydrogens is 286 g/mol. The average molecular weight is 298 g/mol. The number of rotatable bonds is 2. The third kappa shape index (κ3) is 1.50. The van der Waals surface area contributed by atoms with Gasteiger partial charge in [-0.1, -0.05) is 24.3 Å². The van der Waals surface area contributed by atoms with E-state index in [0.29, 0.717) is 5.69 Å². The summed E-state index contributed by atoms with van der Waals surface area (Å²) in [5.41, 5.74) is -0.362. The summed E-state index contributed by atoms with van der Waals surface area (Å²) < 4.78 is 5.74. The van der Waals surface area contributed by atoms with Crippen LogP contribution in [0.1, 0.15) is 17.3 Å². The van der Waals surface area contributed by atoms with Crippen LogP contribution in [0.4, 0.5) is 5.69 Å². The lowest BCUT2D eigenvalue weighted by atomic mass is 9.78. The number of ether oxygens (including phenoxy) is 1. The first-order chi connectivity index (χ1) is 10.4. The van der Waals surface area contributed by atoms with E-state index in [4.69, 9.17) is 4.74 Å². The summed E-state index contributed by atoms with van der Waals surface area (Å²) in [6, 6.07) is 5.54. The zero-order valence-corrected chi connectivity index (χ0v) is 11.7. The smallest absolute Gasteiger partial charge is 0.241 e. The number of hydrogen-bond acceptors (Lipinski definition) is 5. The van der Waals surface area contributed by atoms with Crippen LogP contribution in [0.25, 0.3) is 0 Å². The van der Waals surface area contributed by atoms with E-state index in [1.807, 2.05) is 19.1 Å². The molecule has 3 heterocycles. The van der Waals surface area contributed by atoms with Crippen molar-refractivity contribution in [1.29, 1.82) is 0 Å². The Morgan fingerprint density at radius 1 is 1.23 bits per heavy atom. The van der Waals surface area contributed by atoms with Crippen molar-refractivity contribution in [3.8, 4) is 0 Å². The van der Waals surface area contributed by atoms with Crippen molar-refractivity contribution in [2.45, 2.75) is 18.6 Å². The SMILES string of the molecule is C[C@]12C=C[C@@H](O1)[C@@H]1C(=O)N(c3ccc(C(=O)[O-])cc3)C(=O)[C@@H]12. The van der Waals surface area contributed by atoms with E-state index in [9.17, 15) is 19.5 Å². The zero-order valence-electron chi connectivity index (χ0n) is 11.7. The molecule has 0 radical (unpaired) electrons. The third-order valence-corrected chi connectivity index (χ3v) is 4.69. The van der Waals surface area contributed by atoms with Crippen molar-refractivity contribution in [3.63, 3.8) is 0 Å². The Kier molecular flexibility index (Phi) is 2.43. The van der Waals surface area contributed by atoms with Crippen LogP contribution in [0.15, 0.2) is 36.4 Å². The molecule has 6 heteroatoms. The van der Waals surface area contributed by atoms with Gasteiger partial charge in [0, 0.05) is 0 Å². The molecule has 1 aromatic carbocycles. The molecule has 4 rings (SSSR count). The molecular formula is C16H12NO5-. The highest BCUT2D eigenvalue weighted by Gasteiger charge is 2.65. The lowest BCUT2D eigenvalue weighted by Crippen LogP contribution is -2.38. The van der Waals surface area contributed by atoms with Crippen LogP contribution in [0.2, 0.25) is 0 Å². The Balaban J connectivity index is 1.71. The van der Waals surface area contributed by atoms with Gasteiger partial charge in [-0.05, 0) is 24.6 Å². The number of carboxylic acids is 1. The highest BCUT2D eigenvalue weighted by Crippen LogP contribution is 2.52. The van der Waals surface area contributed by atoms with E-state index >= 15 is 0 Å². The first-order valence-electron chi connectivity index (χ1n) is 6.99. The van der Waals surface area contributed by atoms with Gasteiger partial charge in [0.2, 0.25) is 11.8 Å². The molecule has 2 bridgehead atoms. The Bertz CT molecular complexity index is 737. The van der Waals surface area contributed by atoms with Crippen LogP contribution in [-0.4, -0.2) is 29.5 Å². The normalized spacial score (nSPS) is 35.3. The molecule has 2 fully saturated rings. The van der Waals surface area contributed by atoms with Gasteiger partial charge < -0.3 is 14.6 Å². The van der Waals surface area contributed by atoms with Gasteiger partial charge in [-0.3, -0.25) is 9.59 Å². The predicted octanol–water partition coefficient (Wildman–Crippen LogP) is -0.117. The second kappa shape index (κ2) is 4.04. The lowest BCUT2D eigenvalue weighted by molar-refractivity contribution is -0.255. The van der Waals surface area contributed by atoms with Crippen LogP contribution in [-0.2, 0) is 14.3 Å². The minimum Gasteiger partial charge on any atom is -0.545 e. The maximum atomic E-state index is 12.7. The van der Waals surface area contributed by atoms with E-state index in [2.05, 4.69) is 0 Å². The van der Waals surface area contributed by atoms with E-state index < -0.39 is 23.4 Å². The average Bonchev–Trinajstić information content (AvgIpc) is 3.08. The predicted molar refractivity (Wildman–Crippen MR) is 72.7 cm³/mol. The van der Waals surface area contributed by atoms with Gasteiger partial charge in [0.05, 0.1) is 35.2 Å². The molecule has 2 saturated heterocycles. The van der Waals surface area contributed by atoms with E-state index in [1.165, 1.54) is 24.3 Å². The van der Waals surface area contributed by atoms with E-state index in [0.717, 1.165) is 4.90 Å². The van der Waals surface area contributed by atoms with Crippen molar-refractivity contribution < 1.29 is 24.2 Å². The molecule has 0 N–H and O–H groups in total. The van der Waals surface area contributed by atoms with Gasteiger partial charge in [0.1, 0.15) is 0 Å². The molecule has 3 aliphatic heterocycles. The van der Waals surface area contributed by atoms with E-state index in [1.54, 1.807) is 0 Å². The van der Waals surface area contributed by atoms with Crippen LogP contribution in [0, 0.1) is 11.8 Å². The largest absolute Gasteiger partial charge is 0.545 e. The zero-order chi connectivity index (χ0) is 15.6. The molecule has 0 aromatic heterocycles. The fourth-order valence-corrected chi connectivity index (χ4v) is 3.65. The fourth-order valence-electron chi connectivity index (χ4n) is 3.65. The third-order valence-electron chi connectivity index (χ3n) is 4.69. The number of carboxylic acid groups (broad SMARTS) is 1. The van der Waals surface area contributed by atoms with Crippen LogP contribution in [0.3, 0.4) is 0 Å². The maximum absolute atomic E-state index is 12.7. The summed E-state index contributed by atoms with van der Waals surface area (Å²) in [6.45, 7) is 1.81. The summed E-state index contributed by atoms with van der Waals surface area (Å²) >= 11 is 0. The van der Waals surface area contributed by atoms with Gasteiger partial charge in [-0.15, -0.1) is 0 Å². The van der Waals surface area contributed by atoms with Crippen molar-refractivity contribution in [3.05, 3.63) is 42.0 Å². The Morgan fingerprint density at radius 2 is 1.91 bits per heavy atom.